The highest BCUT2D eigenvalue weighted by Crippen LogP contribution is 2.26. The highest BCUT2D eigenvalue weighted by molar-refractivity contribution is 5.37. The number of ether oxygens (including phenoxy) is 1. The van der Waals surface area contributed by atoms with Crippen LogP contribution in [0.3, 0.4) is 0 Å². The van der Waals surface area contributed by atoms with E-state index in [1.54, 1.807) is 0 Å². The topological polar surface area (TPSA) is 9.23 Å². The van der Waals surface area contributed by atoms with Gasteiger partial charge in [0.05, 0.1) is 46.4 Å². The van der Waals surface area contributed by atoms with Crippen molar-refractivity contribution in [3.8, 4) is 5.75 Å². The van der Waals surface area contributed by atoms with Crippen molar-refractivity contribution in [2.45, 2.75) is 60.7 Å². The molecule has 0 saturated carbocycles. The van der Waals surface area contributed by atoms with Crippen molar-refractivity contribution < 1.29 is 13.7 Å². The fourth-order valence-electron chi connectivity index (χ4n) is 2.97. The molecule has 0 bridgehead atoms. The smallest absolute Gasteiger partial charge is 0.128 e. The second-order valence-corrected chi connectivity index (χ2v) is 7.93. The Morgan fingerprint density at radius 2 is 1.33 bits per heavy atom. The molecule has 0 unspecified atom stereocenters. The summed E-state index contributed by atoms with van der Waals surface area (Å²) in [5.74, 6) is 1.06. The lowest BCUT2D eigenvalue weighted by atomic mass is 10.1. The Labute approximate surface area is 150 Å². The van der Waals surface area contributed by atoms with Crippen LogP contribution in [0.4, 0.5) is 0 Å². The highest BCUT2D eigenvalue weighted by atomic mass is 16.5. The molecule has 0 aliphatic rings. The number of hydrogen-bond donors (Lipinski definition) is 0. The molecule has 0 radical (unpaired) electrons. The van der Waals surface area contributed by atoms with Crippen LogP contribution in [-0.4, -0.2) is 55.3 Å². The third-order valence-corrected chi connectivity index (χ3v) is 5.66. The zero-order chi connectivity index (χ0) is 18.4. The van der Waals surface area contributed by atoms with Gasteiger partial charge in [0.25, 0.3) is 0 Å². The average Bonchev–Trinajstić information content (AvgIpc) is 2.56. The number of rotatable bonds is 10. The van der Waals surface area contributed by atoms with Crippen LogP contribution >= 0.6 is 0 Å². The third-order valence-electron chi connectivity index (χ3n) is 5.66. The molecule has 3 heteroatoms. The van der Waals surface area contributed by atoms with E-state index in [1.165, 1.54) is 11.1 Å². The summed E-state index contributed by atoms with van der Waals surface area (Å²) in [6.07, 6.45) is 0.212. The summed E-state index contributed by atoms with van der Waals surface area (Å²) in [6.45, 7) is 20.0. The van der Waals surface area contributed by atoms with E-state index in [0.29, 0.717) is 0 Å². The van der Waals surface area contributed by atoms with Gasteiger partial charge in [-0.1, -0.05) is 0 Å². The first-order chi connectivity index (χ1) is 11.2. The molecular formula is C21H40N2O+2. The van der Waals surface area contributed by atoms with Crippen LogP contribution < -0.4 is 4.74 Å². The molecule has 0 aliphatic heterocycles. The Bertz CT molecular complexity index is 503. The van der Waals surface area contributed by atoms with Gasteiger partial charge in [-0.25, -0.2) is 0 Å². The number of quaternary nitrogens is 2. The average molecular weight is 337 g/mol. The fourth-order valence-corrected chi connectivity index (χ4v) is 2.97. The maximum Gasteiger partial charge on any atom is 0.128 e. The second-order valence-electron chi connectivity index (χ2n) is 7.93. The molecule has 0 amide bonds. The van der Waals surface area contributed by atoms with E-state index in [2.05, 4.69) is 73.8 Å². The van der Waals surface area contributed by atoms with Crippen molar-refractivity contribution in [3.63, 3.8) is 0 Å². The van der Waals surface area contributed by atoms with Crippen LogP contribution in [0.1, 0.15) is 52.7 Å². The van der Waals surface area contributed by atoms with Crippen molar-refractivity contribution in [1.82, 2.24) is 0 Å². The largest absolute Gasteiger partial charge is 0.490 e. The molecule has 1 aromatic carbocycles. The van der Waals surface area contributed by atoms with Gasteiger partial charge in [-0.3, -0.25) is 0 Å². The zero-order valence-corrected chi connectivity index (χ0v) is 17.4. The predicted octanol–water partition coefficient (Wildman–Crippen LogP) is 4.45. The first-order valence-electron chi connectivity index (χ1n) is 9.66. The summed E-state index contributed by atoms with van der Waals surface area (Å²) in [5.41, 5.74) is 2.78. The minimum absolute atomic E-state index is 0.212. The Hall–Kier alpha value is -1.06. The van der Waals surface area contributed by atoms with E-state index < -0.39 is 0 Å². The Morgan fingerprint density at radius 3 is 1.79 bits per heavy atom. The first-order valence-corrected chi connectivity index (χ1v) is 9.66. The lowest BCUT2D eigenvalue weighted by Crippen LogP contribution is -2.43. The second kappa shape index (κ2) is 8.87. The lowest BCUT2D eigenvalue weighted by molar-refractivity contribution is -0.919. The molecule has 138 valence electrons. The van der Waals surface area contributed by atoms with Gasteiger partial charge in [0.15, 0.2) is 0 Å². The molecule has 0 aliphatic carbocycles. The van der Waals surface area contributed by atoms with E-state index in [9.17, 15) is 0 Å². The minimum Gasteiger partial charge on any atom is -0.490 e. The van der Waals surface area contributed by atoms with E-state index in [0.717, 1.165) is 54.0 Å². The maximum absolute atomic E-state index is 6.10. The molecule has 1 aromatic rings. The van der Waals surface area contributed by atoms with Gasteiger partial charge in [0, 0.05) is 11.1 Å². The van der Waals surface area contributed by atoms with Gasteiger partial charge >= 0.3 is 0 Å². The highest BCUT2D eigenvalue weighted by Gasteiger charge is 2.23. The Kier molecular flexibility index (Phi) is 7.75. The molecule has 0 fully saturated rings. The quantitative estimate of drug-likeness (QED) is 0.574. The van der Waals surface area contributed by atoms with Gasteiger partial charge in [-0.05, 0) is 59.7 Å². The molecule has 0 spiro atoms. The summed E-state index contributed by atoms with van der Waals surface area (Å²) < 4.78 is 8.23. The summed E-state index contributed by atoms with van der Waals surface area (Å²) >= 11 is 0. The van der Waals surface area contributed by atoms with Crippen molar-refractivity contribution in [2.24, 2.45) is 0 Å². The normalized spacial score (nSPS) is 12.7. The van der Waals surface area contributed by atoms with E-state index in [4.69, 9.17) is 4.74 Å². The van der Waals surface area contributed by atoms with Crippen molar-refractivity contribution in [1.29, 1.82) is 0 Å². The van der Waals surface area contributed by atoms with Crippen LogP contribution in [0.5, 0.6) is 5.75 Å². The summed E-state index contributed by atoms with van der Waals surface area (Å²) in [6, 6.07) is 6.84. The molecule has 1 rings (SSSR count). The molecule has 3 nitrogen and oxygen atoms in total. The van der Waals surface area contributed by atoms with Gasteiger partial charge in [0.2, 0.25) is 0 Å². The molecule has 24 heavy (non-hydrogen) atoms. The summed E-state index contributed by atoms with van der Waals surface area (Å²) in [4.78, 5) is 0. The first kappa shape index (κ1) is 21.0. The van der Waals surface area contributed by atoms with Crippen molar-refractivity contribution >= 4 is 0 Å². The summed E-state index contributed by atoms with van der Waals surface area (Å²) in [7, 11) is 4.68. The zero-order valence-electron chi connectivity index (χ0n) is 17.4. The number of benzene rings is 1. The van der Waals surface area contributed by atoms with Crippen LogP contribution in [0.2, 0.25) is 0 Å². The van der Waals surface area contributed by atoms with Gasteiger partial charge in [-0.15, -0.1) is 0 Å². The third kappa shape index (κ3) is 5.78. The standard InChI is InChI=1S/C21H40N2O/c1-9-22(7,10-2)16-19-13-14-21(24-18(5)6)20(15-19)17-23(8,11-3)12-4/h13-15,18H,9-12,16-17H2,1-8H3/q+2. The molecule has 0 N–H and O–H groups in total. The fraction of sp³-hybridized carbons (Fsp3) is 0.714. The molecule has 0 aromatic heterocycles. The van der Waals surface area contributed by atoms with Crippen molar-refractivity contribution in [3.05, 3.63) is 29.3 Å². The maximum atomic E-state index is 6.10. The monoisotopic (exact) mass is 336 g/mol. The number of nitrogens with zero attached hydrogens (tertiary/aromatic N) is 2. The molecule has 0 atom stereocenters. The van der Waals surface area contributed by atoms with E-state index >= 15 is 0 Å². The molecule has 0 heterocycles. The SMILES string of the molecule is CC[N+](C)(CC)Cc1ccc(OC(C)C)c(C[N+](C)(CC)CC)c1. The summed E-state index contributed by atoms with van der Waals surface area (Å²) in [5, 5.41) is 0. The van der Waals surface area contributed by atoms with E-state index in [-0.39, 0.29) is 6.10 Å². The molecule has 0 saturated heterocycles. The van der Waals surface area contributed by atoms with E-state index in [1.807, 2.05) is 0 Å². The van der Waals surface area contributed by atoms with Gasteiger partial charge < -0.3 is 13.7 Å². The minimum atomic E-state index is 0.212. The van der Waals surface area contributed by atoms with Crippen LogP contribution in [0.15, 0.2) is 18.2 Å². The van der Waals surface area contributed by atoms with Gasteiger partial charge in [0.1, 0.15) is 18.8 Å². The molecular weight excluding hydrogens is 296 g/mol. The van der Waals surface area contributed by atoms with Crippen LogP contribution in [0, 0.1) is 0 Å². The van der Waals surface area contributed by atoms with Crippen molar-refractivity contribution in [2.75, 3.05) is 40.3 Å². The number of hydrogen-bond acceptors (Lipinski definition) is 1. The Balaban J connectivity index is 3.17. The lowest BCUT2D eigenvalue weighted by Gasteiger charge is -2.34. The predicted molar refractivity (Wildman–Crippen MR) is 104 cm³/mol. The Morgan fingerprint density at radius 1 is 0.833 bits per heavy atom. The van der Waals surface area contributed by atoms with Crippen LogP contribution in [0.25, 0.3) is 0 Å². The van der Waals surface area contributed by atoms with Crippen LogP contribution in [-0.2, 0) is 13.1 Å². The van der Waals surface area contributed by atoms with Gasteiger partial charge in [-0.2, -0.15) is 0 Å².